The van der Waals surface area contributed by atoms with E-state index in [-0.39, 0.29) is 32.0 Å². The first kappa shape index (κ1) is 18.1. The van der Waals surface area contributed by atoms with E-state index in [1.54, 1.807) is 48.5 Å². The lowest BCUT2D eigenvalue weighted by Crippen LogP contribution is -2.55. The Morgan fingerprint density at radius 1 is 1.00 bits per heavy atom. The van der Waals surface area contributed by atoms with Crippen LogP contribution < -0.4 is 16.0 Å². The summed E-state index contributed by atoms with van der Waals surface area (Å²) in [5.74, 6) is -0.813. The molecule has 1 heterocycles. The summed E-state index contributed by atoms with van der Waals surface area (Å²) < 4.78 is 0. The number of amides is 2. The highest BCUT2D eigenvalue weighted by molar-refractivity contribution is 6.19. The summed E-state index contributed by atoms with van der Waals surface area (Å²) >= 11 is 0. The molecule has 1 aliphatic rings. The van der Waals surface area contributed by atoms with Crippen LogP contribution in [-0.2, 0) is 4.79 Å². The van der Waals surface area contributed by atoms with Crippen molar-refractivity contribution in [1.82, 2.24) is 0 Å². The van der Waals surface area contributed by atoms with E-state index in [4.69, 9.17) is 5.73 Å². The van der Waals surface area contributed by atoms with Gasteiger partial charge in [-0.1, -0.05) is 24.3 Å². The van der Waals surface area contributed by atoms with Gasteiger partial charge in [-0.3, -0.25) is 14.5 Å². The molecule has 2 aromatic carbocycles. The molecule has 26 heavy (non-hydrogen) atoms. The van der Waals surface area contributed by atoms with Crippen molar-refractivity contribution in [3.63, 3.8) is 0 Å². The number of nitrogens with one attached hydrogen (secondary N) is 1. The first-order valence-corrected chi connectivity index (χ1v) is 8.36. The molecule has 0 radical (unpaired) electrons. The molecule has 2 aromatic rings. The van der Waals surface area contributed by atoms with E-state index in [1.165, 1.54) is 4.90 Å². The van der Waals surface area contributed by atoms with E-state index in [0.717, 1.165) is 0 Å². The molecule has 0 fully saturated rings. The smallest absolute Gasteiger partial charge is 0.257 e. The molecule has 136 valence electrons. The van der Waals surface area contributed by atoms with Gasteiger partial charge in [0, 0.05) is 13.2 Å². The molecule has 0 unspecified atom stereocenters. The number of hydrogen-bond donors (Lipinski definition) is 4. The molecule has 1 aliphatic heterocycles. The number of carbonyl (C=O) groups is 2. The Bertz CT molecular complexity index is 831. The fourth-order valence-corrected chi connectivity index (χ4v) is 3.13. The van der Waals surface area contributed by atoms with Crippen LogP contribution in [0, 0.1) is 0 Å². The van der Waals surface area contributed by atoms with Crippen LogP contribution in [0.15, 0.2) is 48.5 Å². The van der Waals surface area contributed by atoms with Crippen LogP contribution in [0.3, 0.4) is 0 Å². The Hall–Kier alpha value is -2.74. The highest BCUT2D eigenvalue weighted by atomic mass is 16.3. The highest BCUT2D eigenvalue weighted by Gasteiger charge is 2.40. The average Bonchev–Trinajstić information content (AvgIpc) is 2.76. The van der Waals surface area contributed by atoms with Gasteiger partial charge in [-0.15, -0.1) is 0 Å². The van der Waals surface area contributed by atoms with Crippen LogP contribution in [0.2, 0.25) is 0 Å². The number of fused-ring (bicyclic) bond motifs is 2. The van der Waals surface area contributed by atoms with Crippen LogP contribution in [-0.4, -0.2) is 40.8 Å². The largest absolute Gasteiger partial charge is 0.396 e. The zero-order chi connectivity index (χ0) is 18.7. The molecule has 2 amide bonds. The van der Waals surface area contributed by atoms with Gasteiger partial charge in [-0.2, -0.15) is 0 Å². The van der Waals surface area contributed by atoms with Gasteiger partial charge in [0.1, 0.15) is 5.54 Å². The van der Waals surface area contributed by atoms with Crippen LogP contribution in [0.25, 0.3) is 0 Å². The van der Waals surface area contributed by atoms with Crippen LogP contribution in [0.5, 0.6) is 0 Å². The third-order valence-electron chi connectivity index (χ3n) is 4.53. The molecule has 0 bridgehead atoms. The maximum Gasteiger partial charge on any atom is 0.257 e. The van der Waals surface area contributed by atoms with Crippen LogP contribution >= 0.6 is 0 Å². The van der Waals surface area contributed by atoms with Crippen LogP contribution in [0.1, 0.15) is 23.2 Å². The third-order valence-corrected chi connectivity index (χ3v) is 4.53. The maximum atomic E-state index is 13.4. The van der Waals surface area contributed by atoms with Crippen molar-refractivity contribution in [3.05, 3.63) is 54.1 Å². The van der Waals surface area contributed by atoms with Crippen molar-refractivity contribution in [2.75, 3.05) is 23.4 Å². The minimum absolute atomic E-state index is 0.00536. The second-order valence-corrected chi connectivity index (χ2v) is 6.23. The van der Waals surface area contributed by atoms with Gasteiger partial charge in [0.2, 0.25) is 0 Å². The van der Waals surface area contributed by atoms with Gasteiger partial charge in [0.05, 0.1) is 22.6 Å². The normalized spacial score (nSPS) is 13.5. The summed E-state index contributed by atoms with van der Waals surface area (Å²) in [7, 11) is 0. The zero-order valence-electron chi connectivity index (χ0n) is 14.2. The summed E-state index contributed by atoms with van der Waals surface area (Å²) in [4.78, 5) is 27.4. The van der Waals surface area contributed by atoms with Crippen molar-refractivity contribution < 1.29 is 19.8 Å². The molecule has 0 spiro atoms. The van der Waals surface area contributed by atoms with E-state index >= 15 is 0 Å². The van der Waals surface area contributed by atoms with Crippen molar-refractivity contribution in [1.29, 1.82) is 0 Å². The standard InChI is InChI=1S/C19H21N3O4/c20-19(9-11-23,10-12-24)18(26)22-15-7-3-1-5-13(15)17(25)21-14-6-2-4-8-16(14)22/h1-8,23-24H,9-12,20H2,(H,21,25). The molecule has 0 atom stereocenters. The number of rotatable bonds is 5. The van der Waals surface area contributed by atoms with E-state index in [1.807, 2.05) is 0 Å². The Labute approximate surface area is 151 Å². The lowest BCUT2D eigenvalue weighted by molar-refractivity contribution is -0.124. The lowest BCUT2D eigenvalue weighted by atomic mass is 9.90. The lowest BCUT2D eigenvalue weighted by Gasteiger charge is -2.34. The number of aliphatic hydroxyl groups excluding tert-OH is 2. The van der Waals surface area contributed by atoms with Crippen molar-refractivity contribution in [2.45, 2.75) is 18.4 Å². The van der Waals surface area contributed by atoms with Gasteiger partial charge < -0.3 is 21.3 Å². The summed E-state index contributed by atoms with van der Waals surface area (Å²) in [6.45, 7) is -0.590. The molecule has 5 N–H and O–H groups in total. The topological polar surface area (TPSA) is 116 Å². The predicted molar refractivity (Wildman–Crippen MR) is 98.3 cm³/mol. The van der Waals surface area contributed by atoms with E-state index in [9.17, 15) is 19.8 Å². The quantitative estimate of drug-likeness (QED) is 0.647. The molecular weight excluding hydrogens is 334 g/mol. The zero-order valence-corrected chi connectivity index (χ0v) is 14.2. The van der Waals surface area contributed by atoms with E-state index < -0.39 is 11.4 Å². The Morgan fingerprint density at radius 2 is 1.58 bits per heavy atom. The van der Waals surface area contributed by atoms with E-state index in [2.05, 4.69) is 5.32 Å². The first-order valence-electron chi connectivity index (χ1n) is 8.36. The molecule has 0 aliphatic carbocycles. The number of anilines is 3. The Morgan fingerprint density at radius 3 is 2.23 bits per heavy atom. The van der Waals surface area contributed by atoms with Gasteiger partial charge >= 0.3 is 0 Å². The third kappa shape index (κ3) is 3.08. The number of para-hydroxylation sites is 3. The number of nitrogens with two attached hydrogens (primary N) is 1. The minimum Gasteiger partial charge on any atom is -0.396 e. The molecule has 3 rings (SSSR count). The Balaban J connectivity index is 2.20. The number of nitrogens with zero attached hydrogens (tertiary/aromatic N) is 1. The van der Waals surface area contributed by atoms with Gasteiger partial charge in [-0.05, 0) is 37.1 Å². The van der Waals surface area contributed by atoms with Crippen molar-refractivity contribution in [3.8, 4) is 0 Å². The number of hydrogen-bond acceptors (Lipinski definition) is 5. The number of aliphatic hydroxyl groups is 2. The van der Waals surface area contributed by atoms with Gasteiger partial charge in [0.15, 0.2) is 0 Å². The predicted octanol–water partition coefficient (Wildman–Crippen LogP) is 1.38. The van der Waals surface area contributed by atoms with Crippen molar-refractivity contribution in [2.24, 2.45) is 5.73 Å². The van der Waals surface area contributed by atoms with Crippen molar-refractivity contribution >= 4 is 28.9 Å². The monoisotopic (exact) mass is 355 g/mol. The molecule has 0 aromatic heterocycles. The molecule has 0 saturated carbocycles. The summed E-state index contributed by atoms with van der Waals surface area (Å²) in [6, 6.07) is 13.7. The highest BCUT2D eigenvalue weighted by Crippen LogP contribution is 2.39. The number of carbonyl (C=O) groups excluding carboxylic acids is 2. The summed E-state index contributed by atoms with van der Waals surface area (Å²) in [6.07, 6.45) is -0.0107. The molecule has 7 heteroatoms. The Kier molecular flexibility index (Phi) is 5.03. The number of benzene rings is 2. The van der Waals surface area contributed by atoms with Crippen LogP contribution in [0.4, 0.5) is 17.1 Å². The van der Waals surface area contributed by atoms with E-state index in [0.29, 0.717) is 22.6 Å². The first-order chi connectivity index (χ1) is 12.5. The second-order valence-electron chi connectivity index (χ2n) is 6.23. The summed E-state index contributed by atoms with van der Waals surface area (Å²) in [5, 5.41) is 21.5. The average molecular weight is 355 g/mol. The fourth-order valence-electron chi connectivity index (χ4n) is 3.13. The van der Waals surface area contributed by atoms with Gasteiger partial charge in [0.25, 0.3) is 11.8 Å². The second kappa shape index (κ2) is 7.25. The maximum absolute atomic E-state index is 13.4. The minimum atomic E-state index is -1.46. The molecule has 0 saturated heterocycles. The fraction of sp³-hybridized carbons (Fsp3) is 0.263. The SMILES string of the molecule is NC(CCO)(CCO)C(=O)N1c2ccccc2NC(=O)c2ccccc21. The summed E-state index contributed by atoms with van der Waals surface area (Å²) in [5.41, 5.74) is 6.54. The molecular formula is C19H21N3O4. The molecule has 7 nitrogen and oxygen atoms in total. The van der Waals surface area contributed by atoms with Gasteiger partial charge in [-0.25, -0.2) is 0 Å².